The summed E-state index contributed by atoms with van der Waals surface area (Å²) in [6.45, 7) is 9.44. The summed E-state index contributed by atoms with van der Waals surface area (Å²) >= 11 is 0. The van der Waals surface area contributed by atoms with E-state index in [-0.39, 0.29) is 34.0 Å². The van der Waals surface area contributed by atoms with E-state index < -0.39 is 0 Å². The SMILES string of the molecule is Br.Br.CCCP(CC)CP(CC)CCC. The molecule has 0 bridgehead atoms. The second-order valence-electron chi connectivity index (χ2n) is 3.56. The molecule has 0 saturated heterocycles. The first-order chi connectivity index (χ1) is 6.28. The molecule has 0 aliphatic rings. The maximum atomic E-state index is 2.39. The van der Waals surface area contributed by atoms with Crippen molar-refractivity contribution in [2.75, 3.05) is 30.6 Å². The van der Waals surface area contributed by atoms with Crippen molar-refractivity contribution in [3.8, 4) is 0 Å². The van der Waals surface area contributed by atoms with Gasteiger partial charge in [0.1, 0.15) is 0 Å². The van der Waals surface area contributed by atoms with Crippen molar-refractivity contribution in [3.63, 3.8) is 0 Å². The molecule has 0 aliphatic heterocycles. The lowest BCUT2D eigenvalue weighted by atomic mass is 10.6. The zero-order valence-corrected chi connectivity index (χ0v) is 15.9. The van der Waals surface area contributed by atoms with Crippen LogP contribution in [-0.2, 0) is 0 Å². The molecule has 0 radical (unpaired) electrons. The summed E-state index contributed by atoms with van der Waals surface area (Å²) in [7, 11) is 0.827. The molecule has 2 atom stereocenters. The van der Waals surface area contributed by atoms with E-state index in [4.69, 9.17) is 0 Å². The van der Waals surface area contributed by atoms with Crippen molar-refractivity contribution in [2.24, 2.45) is 0 Å². The fraction of sp³-hybridized carbons (Fsp3) is 1.00. The lowest BCUT2D eigenvalue weighted by molar-refractivity contribution is 1.08. The molecule has 2 unspecified atom stereocenters. The van der Waals surface area contributed by atoms with E-state index in [1.54, 1.807) is 5.90 Å². The van der Waals surface area contributed by atoms with Gasteiger partial charge in [0.25, 0.3) is 0 Å². The van der Waals surface area contributed by atoms with Crippen LogP contribution in [0, 0.1) is 0 Å². The molecule has 4 heteroatoms. The lowest BCUT2D eigenvalue weighted by Crippen LogP contribution is -1.95. The molecule has 0 aliphatic carbocycles. The van der Waals surface area contributed by atoms with E-state index >= 15 is 0 Å². The fourth-order valence-corrected chi connectivity index (χ4v) is 8.46. The van der Waals surface area contributed by atoms with Gasteiger partial charge in [0.15, 0.2) is 0 Å². The number of hydrogen-bond acceptors (Lipinski definition) is 0. The molecule has 96 valence electrons. The van der Waals surface area contributed by atoms with Crippen molar-refractivity contribution in [1.82, 2.24) is 0 Å². The first-order valence-corrected chi connectivity index (χ1v) is 9.52. The van der Waals surface area contributed by atoms with Crippen molar-refractivity contribution in [3.05, 3.63) is 0 Å². The second kappa shape index (κ2) is 15.8. The average Bonchev–Trinajstić information content (AvgIpc) is 2.16. The molecule has 0 spiro atoms. The van der Waals surface area contributed by atoms with E-state index in [1.807, 2.05) is 0 Å². The van der Waals surface area contributed by atoms with Crippen LogP contribution in [0.1, 0.15) is 40.5 Å². The van der Waals surface area contributed by atoms with Gasteiger partial charge in [-0.3, -0.25) is 0 Å². The van der Waals surface area contributed by atoms with Crippen LogP contribution < -0.4 is 0 Å². The molecular weight excluding hydrogens is 354 g/mol. The minimum absolute atomic E-state index is 0. The highest BCUT2D eigenvalue weighted by atomic mass is 79.9. The minimum atomic E-state index is 0. The molecular formula is C11H28Br2P2. The number of halogens is 2. The smallest absolute Gasteiger partial charge is 0.0121 e. The highest BCUT2D eigenvalue weighted by Crippen LogP contribution is 2.50. The van der Waals surface area contributed by atoms with Crippen LogP contribution in [0.4, 0.5) is 0 Å². The van der Waals surface area contributed by atoms with Crippen LogP contribution >= 0.6 is 49.8 Å². The van der Waals surface area contributed by atoms with Crippen LogP contribution in [0.15, 0.2) is 0 Å². The largest absolute Gasteiger partial charge is 0.114 e. The zero-order valence-electron chi connectivity index (χ0n) is 10.7. The van der Waals surface area contributed by atoms with Gasteiger partial charge in [-0.05, 0) is 30.6 Å². The summed E-state index contributed by atoms with van der Waals surface area (Å²) in [5.74, 6) is 1.61. The topological polar surface area (TPSA) is 0 Å². The maximum absolute atomic E-state index is 2.39. The highest BCUT2D eigenvalue weighted by Gasteiger charge is 2.10. The highest BCUT2D eigenvalue weighted by molar-refractivity contribution is 8.93. The summed E-state index contributed by atoms with van der Waals surface area (Å²) in [5, 5.41) is 0. The third-order valence-electron chi connectivity index (χ3n) is 2.37. The van der Waals surface area contributed by atoms with E-state index in [1.165, 1.54) is 37.5 Å². The van der Waals surface area contributed by atoms with E-state index in [2.05, 4.69) is 27.7 Å². The summed E-state index contributed by atoms with van der Waals surface area (Å²) in [6.07, 6.45) is 8.78. The third kappa shape index (κ3) is 12.1. The van der Waals surface area contributed by atoms with Crippen molar-refractivity contribution < 1.29 is 0 Å². The Morgan fingerprint density at radius 3 is 1.20 bits per heavy atom. The Labute approximate surface area is 120 Å². The van der Waals surface area contributed by atoms with Crippen LogP contribution in [0.25, 0.3) is 0 Å². The van der Waals surface area contributed by atoms with Gasteiger partial charge < -0.3 is 0 Å². The summed E-state index contributed by atoms with van der Waals surface area (Å²) in [4.78, 5) is 0. The Hall–Kier alpha value is 1.82. The van der Waals surface area contributed by atoms with Crippen LogP contribution in [0.3, 0.4) is 0 Å². The molecule has 0 nitrogen and oxygen atoms in total. The quantitative estimate of drug-likeness (QED) is 0.457. The molecule has 0 aromatic carbocycles. The summed E-state index contributed by atoms with van der Waals surface area (Å²) in [6, 6.07) is 0. The standard InChI is InChI=1S/C11H26P2.2BrH/c1-5-9-12(7-3)11-13(8-4)10-6-2;;/h5-11H2,1-4H3;2*1H. The zero-order chi connectivity index (χ0) is 10.1. The molecule has 0 fully saturated rings. The van der Waals surface area contributed by atoms with Gasteiger partial charge in [-0.25, -0.2) is 0 Å². The maximum Gasteiger partial charge on any atom is -0.0121 e. The number of hydrogen-bond donors (Lipinski definition) is 0. The summed E-state index contributed by atoms with van der Waals surface area (Å²) in [5.41, 5.74) is 0. The Balaban J connectivity index is -0.000000720. The molecule has 0 aromatic rings. The van der Waals surface area contributed by atoms with Crippen LogP contribution in [-0.4, -0.2) is 30.6 Å². The summed E-state index contributed by atoms with van der Waals surface area (Å²) < 4.78 is 0. The predicted molar refractivity (Wildman–Crippen MR) is 90.7 cm³/mol. The second-order valence-corrected chi connectivity index (χ2v) is 9.54. The lowest BCUT2D eigenvalue weighted by Gasteiger charge is -2.22. The third-order valence-corrected chi connectivity index (χ3v) is 9.52. The Kier molecular flexibility index (Phi) is 23.2. The minimum Gasteiger partial charge on any atom is -0.114 e. The van der Waals surface area contributed by atoms with E-state index in [9.17, 15) is 0 Å². The van der Waals surface area contributed by atoms with Gasteiger partial charge in [0.2, 0.25) is 0 Å². The Bertz CT molecular complexity index is 101. The predicted octanol–water partition coefficient (Wildman–Crippen LogP) is 5.92. The van der Waals surface area contributed by atoms with Gasteiger partial charge in [-0.2, -0.15) is 0 Å². The van der Waals surface area contributed by atoms with E-state index in [0.29, 0.717) is 15.8 Å². The average molecular weight is 382 g/mol. The molecule has 0 saturated carbocycles. The van der Waals surface area contributed by atoms with Crippen molar-refractivity contribution in [1.29, 1.82) is 0 Å². The molecule has 0 rings (SSSR count). The van der Waals surface area contributed by atoms with Crippen molar-refractivity contribution in [2.45, 2.75) is 40.5 Å². The van der Waals surface area contributed by atoms with Gasteiger partial charge >= 0.3 is 0 Å². The van der Waals surface area contributed by atoms with Gasteiger partial charge in [-0.1, -0.05) is 40.5 Å². The fourth-order valence-electron chi connectivity index (χ4n) is 1.57. The first kappa shape index (κ1) is 22.0. The molecule has 15 heavy (non-hydrogen) atoms. The molecule has 0 N–H and O–H groups in total. The normalized spacial score (nSPS) is 13.6. The van der Waals surface area contributed by atoms with Gasteiger partial charge in [0.05, 0.1) is 0 Å². The molecule has 0 amide bonds. The van der Waals surface area contributed by atoms with E-state index in [0.717, 1.165) is 0 Å². The van der Waals surface area contributed by atoms with Crippen molar-refractivity contribution >= 4 is 49.8 Å². The first-order valence-electron chi connectivity index (χ1n) is 5.73. The van der Waals surface area contributed by atoms with Crippen LogP contribution in [0.2, 0.25) is 0 Å². The van der Waals surface area contributed by atoms with Gasteiger partial charge in [-0.15, -0.1) is 49.8 Å². The molecule has 0 heterocycles. The monoisotopic (exact) mass is 380 g/mol. The molecule has 0 aromatic heterocycles. The number of rotatable bonds is 8. The van der Waals surface area contributed by atoms with Crippen LogP contribution in [0.5, 0.6) is 0 Å². The van der Waals surface area contributed by atoms with Gasteiger partial charge in [0, 0.05) is 0 Å². The Morgan fingerprint density at radius 1 is 0.667 bits per heavy atom. The Morgan fingerprint density at radius 2 is 1.00 bits per heavy atom.